The Kier molecular flexibility index (Phi) is 3.30. The molecule has 0 aliphatic carbocycles. The van der Waals surface area contributed by atoms with Gasteiger partial charge < -0.3 is 5.32 Å². The molecule has 0 aromatic heterocycles. The number of rotatable bonds is 3. The summed E-state index contributed by atoms with van der Waals surface area (Å²) < 4.78 is 24.1. The Labute approximate surface area is 96.8 Å². The third-order valence-corrected chi connectivity index (χ3v) is 4.80. The van der Waals surface area contributed by atoms with Gasteiger partial charge in [0.25, 0.3) is 0 Å². The standard InChI is InChI=1S/C12H17NO2S/c1-10-7-11(13-8-10)9-16(14,15)12-5-3-2-4-6-12/h2-6,10-11,13H,7-9H2,1H3/t10-,11+/m0/s1. The minimum absolute atomic E-state index is 0.111. The van der Waals surface area contributed by atoms with Crippen LogP contribution in [0.25, 0.3) is 0 Å². The van der Waals surface area contributed by atoms with Crippen molar-refractivity contribution in [3.05, 3.63) is 30.3 Å². The highest BCUT2D eigenvalue weighted by Crippen LogP contribution is 2.18. The maximum atomic E-state index is 12.1. The smallest absolute Gasteiger partial charge is 0.179 e. The van der Waals surface area contributed by atoms with E-state index in [2.05, 4.69) is 12.2 Å². The normalized spacial score (nSPS) is 25.8. The minimum Gasteiger partial charge on any atom is -0.313 e. The van der Waals surface area contributed by atoms with Crippen LogP contribution in [-0.4, -0.2) is 26.8 Å². The fourth-order valence-corrected chi connectivity index (χ4v) is 3.68. The lowest BCUT2D eigenvalue weighted by Gasteiger charge is -2.10. The van der Waals surface area contributed by atoms with E-state index in [1.54, 1.807) is 24.3 Å². The topological polar surface area (TPSA) is 46.2 Å². The summed E-state index contributed by atoms with van der Waals surface area (Å²) in [6.45, 7) is 3.07. The van der Waals surface area contributed by atoms with Crippen LogP contribution in [-0.2, 0) is 9.84 Å². The third kappa shape index (κ3) is 2.62. The molecule has 88 valence electrons. The van der Waals surface area contributed by atoms with Crippen LogP contribution < -0.4 is 5.32 Å². The van der Waals surface area contributed by atoms with E-state index < -0.39 is 9.84 Å². The van der Waals surface area contributed by atoms with E-state index in [9.17, 15) is 8.42 Å². The monoisotopic (exact) mass is 239 g/mol. The van der Waals surface area contributed by atoms with Gasteiger partial charge in [0.2, 0.25) is 0 Å². The van der Waals surface area contributed by atoms with Gasteiger partial charge in [-0.25, -0.2) is 8.42 Å². The average Bonchev–Trinajstić information content (AvgIpc) is 2.64. The van der Waals surface area contributed by atoms with Gasteiger partial charge >= 0.3 is 0 Å². The van der Waals surface area contributed by atoms with E-state index in [1.165, 1.54) is 0 Å². The van der Waals surface area contributed by atoms with Gasteiger partial charge in [0.15, 0.2) is 9.84 Å². The molecule has 1 saturated heterocycles. The molecule has 1 heterocycles. The Morgan fingerprint density at radius 1 is 1.31 bits per heavy atom. The Bertz CT molecular complexity index is 441. The van der Waals surface area contributed by atoms with Crippen molar-refractivity contribution in [2.75, 3.05) is 12.3 Å². The fraction of sp³-hybridized carbons (Fsp3) is 0.500. The highest BCUT2D eigenvalue weighted by atomic mass is 32.2. The first-order chi connectivity index (χ1) is 7.58. The second-order valence-electron chi connectivity index (χ2n) is 4.54. The molecule has 0 radical (unpaired) electrons. The van der Waals surface area contributed by atoms with E-state index in [1.807, 2.05) is 6.07 Å². The second-order valence-corrected chi connectivity index (χ2v) is 6.57. The summed E-state index contributed by atoms with van der Waals surface area (Å²) in [7, 11) is -3.13. The molecule has 3 nitrogen and oxygen atoms in total. The summed E-state index contributed by atoms with van der Waals surface area (Å²) in [5, 5.41) is 3.25. The molecule has 0 bridgehead atoms. The van der Waals surface area contributed by atoms with Crippen LogP contribution in [0.15, 0.2) is 35.2 Å². The lowest BCUT2D eigenvalue weighted by molar-refractivity contribution is 0.572. The van der Waals surface area contributed by atoms with Gasteiger partial charge in [-0.15, -0.1) is 0 Å². The van der Waals surface area contributed by atoms with Gasteiger partial charge in [0, 0.05) is 6.04 Å². The highest BCUT2D eigenvalue weighted by Gasteiger charge is 2.26. The molecule has 1 aromatic carbocycles. The molecule has 0 unspecified atom stereocenters. The Hall–Kier alpha value is -0.870. The number of benzene rings is 1. The lowest BCUT2D eigenvalue weighted by atomic mass is 10.1. The van der Waals surface area contributed by atoms with Crippen molar-refractivity contribution in [3.8, 4) is 0 Å². The van der Waals surface area contributed by atoms with Crippen LogP contribution in [0.2, 0.25) is 0 Å². The minimum atomic E-state index is -3.13. The van der Waals surface area contributed by atoms with Crippen molar-refractivity contribution in [2.24, 2.45) is 5.92 Å². The second kappa shape index (κ2) is 4.55. The SMILES string of the molecule is C[C@@H]1CN[C@@H](CS(=O)(=O)c2ccccc2)C1. The van der Waals surface area contributed by atoms with Gasteiger partial charge in [0.1, 0.15) is 0 Å². The molecule has 0 spiro atoms. The molecule has 1 aliphatic heterocycles. The molecular formula is C12H17NO2S. The predicted molar refractivity (Wildman–Crippen MR) is 64.1 cm³/mol. The van der Waals surface area contributed by atoms with Gasteiger partial charge in [-0.2, -0.15) is 0 Å². The van der Waals surface area contributed by atoms with Gasteiger partial charge in [-0.1, -0.05) is 25.1 Å². The van der Waals surface area contributed by atoms with Crippen LogP contribution in [0, 0.1) is 5.92 Å². The predicted octanol–water partition coefficient (Wildman–Crippen LogP) is 1.46. The van der Waals surface area contributed by atoms with Crippen molar-refractivity contribution in [1.29, 1.82) is 0 Å². The van der Waals surface area contributed by atoms with Crippen molar-refractivity contribution >= 4 is 9.84 Å². The Balaban J connectivity index is 2.09. The van der Waals surface area contributed by atoms with E-state index in [-0.39, 0.29) is 11.8 Å². The largest absolute Gasteiger partial charge is 0.313 e. The van der Waals surface area contributed by atoms with Gasteiger partial charge in [0.05, 0.1) is 10.6 Å². The molecule has 1 N–H and O–H groups in total. The molecule has 4 heteroatoms. The van der Waals surface area contributed by atoms with E-state index in [0.717, 1.165) is 13.0 Å². The fourth-order valence-electron chi connectivity index (χ4n) is 2.14. The van der Waals surface area contributed by atoms with Crippen LogP contribution in [0.3, 0.4) is 0 Å². The number of hydrogen-bond acceptors (Lipinski definition) is 3. The van der Waals surface area contributed by atoms with Crippen molar-refractivity contribution in [3.63, 3.8) is 0 Å². The van der Waals surface area contributed by atoms with Crippen LogP contribution in [0.5, 0.6) is 0 Å². The zero-order valence-corrected chi connectivity index (χ0v) is 10.2. The summed E-state index contributed by atoms with van der Waals surface area (Å²) in [5.41, 5.74) is 0. The summed E-state index contributed by atoms with van der Waals surface area (Å²) in [4.78, 5) is 0.427. The van der Waals surface area contributed by atoms with Crippen molar-refractivity contribution in [1.82, 2.24) is 5.32 Å². The molecule has 2 atom stereocenters. The van der Waals surface area contributed by atoms with Gasteiger partial charge in [-0.05, 0) is 31.0 Å². The van der Waals surface area contributed by atoms with E-state index in [4.69, 9.17) is 0 Å². The molecular weight excluding hydrogens is 222 g/mol. The first-order valence-electron chi connectivity index (χ1n) is 5.59. The van der Waals surface area contributed by atoms with E-state index >= 15 is 0 Å². The molecule has 0 saturated carbocycles. The quantitative estimate of drug-likeness (QED) is 0.868. The zero-order chi connectivity index (χ0) is 11.6. The first-order valence-corrected chi connectivity index (χ1v) is 7.24. The number of nitrogens with one attached hydrogen (secondary N) is 1. The Morgan fingerprint density at radius 2 is 2.00 bits per heavy atom. The average molecular weight is 239 g/mol. The summed E-state index contributed by atoms with van der Waals surface area (Å²) in [6.07, 6.45) is 0.950. The number of sulfone groups is 1. The molecule has 0 amide bonds. The van der Waals surface area contributed by atoms with E-state index in [0.29, 0.717) is 10.8 Å². The molecule has 16 heavy (non-hydrogen) atoms. The molecule has 1 fully saturated rings. The zero-order valence-electron chi connectivity index (χ0n) is 9.39. The molecule has 1 aliphatic rings. The van der Waals surface area contributed by atoms with Crippen LogP contribution in [0.4, 0.5) is 0 Å². The summed E-state index contributed by atoms with van der Waals surface area (Å²) in [5.74, 6) is 0.789. The molecule has 2 rings (SSSR count). The lowest BCUT2D eigenvalue weighted by Crippen LogP contribution is -2.29. The molecule has 1 aromatic rings. The van der Waals surface area contributed by atoms with Crippen LogP contribution >= 0.6 is 0 Å². The maximum Gasteiger partial charge on any atom is 0.179 e. The highest BCUT2D eigenvalue weighted by molar-refractivity contribution is 7.91. The van der Waals surface area contributed by atoms with Gasteiger partial charge in [-0.3, -0.25) is 0 Å². The summed E-state index contributed by atoms with van der Waals surface area (Å²) in [6, 6.07) is 8.78. The van der Waals surface area contributed by atoms with Crippen molar-refractivity contribution in [2.45, 2.75) is 24.3 Å². The third-order valence-electron chi connectivity index (χ3n) is 2.96. The maximum absolute atomic E-state index is 12.1. The number of hydrogen-bond donors (Lipinski definition) is 1. The van der Waals surface area contributed by atoms with Crippen molar-refractivity contribution < 1.29 is 8.42 Å². The van der Waals surface area contributed by atoms with Crippen LogP contribution in [0.1, 0.15) is 13.3 Å². The summed E-state index contributed by atoms with van der Waals surface area (Å²) >= 11 is 0. The Morgan fingerprint density at radius 3 is 2.56 bits per heavy atom. The first kappa shape index (κ1) is 11.6.